The number of ether oxygens (including phenoxy) is 1. The molecule has 0 aliphatic heterocycles. The van der Waals surface area contributed by atoms with Crippen LogP contribution in [0.3, 0.4) is 0 Å². The van der Waals surface area contributed by atoms with E-state index in [1.807, 2.05) is 0 Å². The van der Waals surface area contributed by atoms with Gasteiger partial charge in [-0.25, -0.2) is 4.39 Å². The van der Waals surface area contributed by atoms with E-state index in [1.54, 1.807) is 0 Å². The lowest BCUT2D eigenvalue weighted by atomic mass is 10.2. The number of aryl methyl sites for hydroxylation is 1. The number of nitrogen functional groups attached to an aromatic ring is 2. The van der Waals surface area contributed by atoms with Crippen molar-refractivity contribution in [2.45, 2.75) is 6.92 Å². The number of hydrogen-bond donors (Lipinski definition) is 2. The minimum absolute atomic E-state index is 0.0536. The van der Waals surface area contributed by atoms with Crippen LogP contribution in [0.1, 0.15) is 5.56 Å². The van der Waals surface area contributed by atoms with Gasteiger partial charge < -0.3 is 16.2 Å². The van der Waals surface area contributed by atoms with Gasteiger partial charge in [0.2, 0.25) is 11.8 Å². The van der Waals surface area contributed by atoms with Crippen molar-refractivity contribution >= 4 is 17.5 Å². The molecule has 0 amide bonds. The molecule has 0 fully saturated rings. The first kappa shape index (κ1) is 13.5. The molecule has 2 aromatic rings. The van der Waals surface area contributed by atoms with Crippen LogP contribution in [0.15, 0.2) is 18.2 Å². The highest BCUT2D eigenvalue weighted by Gasteiger charge is 2.17. The lowest BCUT2D eigenvalue weighted by molar-refractivity contribution is -0.385. The lowest BCUT2D eigenvalue weighted by Gasteiger charge is -2.08. The average molecular weight is 279 g/mol. The third kappa shape index (κ3) is 2.71. The molecule has 20 heavy (non-hydrogen) atoms. The molecule has 1 aromatic carbocycles. The van der Waals surface area contributed by atoms with E-state index in [2.05, 4.69) is 9.97 Å². The fourth-order valence-corrected chi connectivity index (χ4v) is 1.55. The van der Waals surface area contributed by atoms with Crippen LogP contribution in [0.4, 0.5) is 21.8 Å². The molecular weight excluding hydrogens is 269 g/mol. The molecular formula is C11H10FN5O3. The molecule has 0 spiro atoms. The van der Waals surface area contributed by atoms with Gasteiger partial charge >= 0.3 is 0 Å². The number of nitro groups is 1. The molecule has 1 aromatic heterocycles. The fourth-order valence-electron chi connectivity index (χ4n) is 1.55. The standard InChI is InChI=1S/C11H10FN5O3/c1-5-2-8(6(12)3-7(5)17(18)19)20-10-4-9(13)15-11(14)16-10/h2-4H,1H3,(H4,13,14,15,16). The monoisotopic (exact) mass is 279 g/mol. The van der Waals surface area contributed by atoms with Gasteiger partial charge in [-0.15, -0.1) is 0 Å². The zero-order valence-electron chi connectivity index (χ0n) is 10.3. The van der Waals surface area contributed by atoms with Gasteiger partial charge in [0.15, 0.2) is 11.6 Å². The summed E-state index contributed by atoms with van der Waals surface area (Å²) in [6.07, 6.45) is 0. The molecule has 4 N–H and O–H groups in total. The molecule has 0 aliphatic carbocycles. The van der Waals surface area contributed by atoms with E-state index in [1.165, 1.54) is 19.1 Å². The fraction of sp³-hybridized carbons (Fsp3) is 0.0909. The molecule has 9 heteroatoms. The Balaban J connectivity index is 2.39. The highest BCUT2D eigenvalue weighted by atomic mass is 19.1. The summed E-state index contributed by atoms with van der Waals surface area (Å²) in [6, 6.07) is 3.23. The molecule has 0 radical (unpaired) electrons. The predicted molar refractivity (Wildman–Crippen MR) is 68.7 cm³/mol. The van der Waals surface area contributed by atoms with Crippen molar-refractivity contribution in [3.63, 3.8) is 0 Å². The number of anilines is 2. The molecule has 1 heterocycles. The summed E-state index contributed by atoms with van der Waals surface area (Å²) in [7, 11) is 0. The first-order valence-corrected chi connectivity index (χ1v) is 5.39. The first-order chi connectivity index (χ1) is 9.36. The van der Waals surface area contributed by atoms with Gasteiger partial charge in [0, 0.05) is 11.6 Å². The van der Waals surface area contributed by atoms with Gasteiger partial charge in [0.1, 0.15) is 5.82 Å². The molecule has 8 nitrogen and oxygen atoms in total. The normalized spacial score (nSPS) is 10.3. The van der Waals surface area contributed by atoms with E-state index in [0.29, 0.717) is 0 Å². The minimum atomic E-state index is -0.891. The Morgan fingerprint density at radius 2 is 2.00 bits per heavy atom. The van der Waals surface area contributed by atoms with E-state index in [-0.39, 0.29) is 34.6 Å². The van der Waals surface area contributed by atoms with Crippen LogP contribution in [0.25, 0.3) is 0 Å². The number of nitrogens with zero attached hydrogens (tertiary/aromatic N) is 3. The number of rotatable bonds is 3. The molecule has 0 saturated carbocycles. The zero-order chi connectivity index (χ0) is 14.9. The van der Waals surface area contributed by atoms with Crippen LogP contribution in [0.2, 0.25) is 0 Å². The predicted octanol–water partition coefficient (Wildman–Crippen LogP) is 1.79. The van der Waals surface area contributed by atoms with Gasteiger partial charge in [0.05, 0.1) is 11.0 Å². The Labute approximate surface area is 112 Å². The van der Waals surface area contributed by atoms with E-state index < -0.39 is 10.7 Å². The van der Waals surface area contributed by atoms with Crippen LogP contribution in [-0.2, 0) is 0 Å². The van der Waals surface area contributed by atoms with E-state index in [0.717, 1.165) is 6.07 Å². The van der Waals surface area contributed by atoms with Gasteiger partial charge in [-0.05, 0) is 13.0 Å². The van der Waals surface area contributed by atoms with Gasteiger partial charge in [-0.2, -0.15) is 9.97 Å². The van der Waals surface area contributed by atoms with Gasteiger partial charge in [0.25, 0.3) is 5.69 Å². The molecule has 0 atom stereocenters. The maximum atomic E-state index is 13.7. The first-order valence-electron chi connectivity index (χ1n) is 5.39. The maximum Gasteiger partial charge on any atom is 0.275 e. The van der Waals surface area contributed by atoms with E-state index in [4.69, 9.17) is 16.2 Å². The Kier molecular flexibility index (Phi) is 3.34. The number of benzene rings is 1. The maximum absolute atomic E-state index is 13.7. The highest BCUT2D eigenvalue weighted by Crippen LogP contribution is 2.30. The van der Waals surface area contributed by atoms with Crippen LogP contribution in [-0.4, -0.2) is 14.9 Å². The molecule has 104 valence electrons. The van der Waals surface area contributed by atoms with Crippen molar-refractivity contribution in [3.8, 4) is 11.6 Å². The van der Waals surface area contributed by atoms with Crippen LogP contribution in [0, 0.1) is 22.9 Å². The molecule has 2 rings (SSSR count). The van der Waals surface area contributed by atoms with Crippen LogP contribution < -0.4 is 16.2 Å². The van der Waals surface area contributed by atoms with Crippen LogP contribution in [0.5, 0.6) is 11.6 Å². The van der Waals surface area contributed by atoms with Crippen molar-refractivity contribution < 1.29 is 14.1 Å². The summed E-state index contributed by atoms with van der Waals surface area (Å²) in [6.45, 7) is 1.47. The molecule has 0 bridgehead atoms. The third-order valence-corrected chi connectivity index (χ3v) is 2.40. The zero-order valence-corrected chi connectivity index (χ0v) is 10.3. The Hall–Kier alpha value is -2.97. The summed E-state index contributed by atoms with van der Waals surface area (Å²) >= 11 is 0. The van der Waals surface area contributed by atoms with Crippen molar-refractivity contribution in [2.24, 2.45) is 0 Å². The second-order valence-corrected chi connectivity index (χ2v) is 3.92. The SMILES string of the molecule is Cc1cc(Oc2cc(N)nc(N)n2)c(F)cc1[N+](=O)[O-]. The third-order valence-electron chi connectivity index (χ3n) is 2.40. The van der Waals surface area contributed by atoms with Gasteiger partial charge in [-0.3, -0.25) is 10.1 Å². The minimum Gasteiger partial charge on any atom is -0.436 e. The number of nitro benzene ring substituents is 1. The van der Waals surface area contributed by atoms with Crippen molar-refractivity contribution in [1.82, 2.24) is 9.97 Å². The molecule has 0 saturated heterocycles. The van der Waals surface area contributed by atoms with Crippen LogP contribution >= 0.6 is 0 Å². The van der Waals surface area contributed by atoms with E-state index in [9.17, 15) is 14.5 Å². The summed E-state index contributed by atoms with van der Waals surface area (Å²) < 4.78 is 18.9. The van der Waals surface area contributed by atoms with Crippen molar-refractivity contribution in [2.75, 3.05) is 11.5 Å². The Morgan fingerprint density at radius 3 is 2.60 bits per heavy atom. The number of halogens is 1. The summed E-state index contributed by atoms with van der Waals surface area (Å²) in [5.74, 6) is -1.23. The Bertz CT molecular complexity index is 672. The molecule has 0 unspecified atom stereocenters. The smallest absolute Gasteiger partial charge is 0.275 e. The average Bonchev–Trinajstić information content (AvgIpc) is 2.31. The largest absolute Gasteiger partial charge is 0.436 e. The number of nitrogens with two attached hydrogens (primary N) is 2. The topological polar surface area (TPSA) is 130 Å². The number of hydrogen-bond acceptors (Lipinski definition) is 7. The summed E-state index contributed by atoms with van der Waals surface area (Å²) in [5.41, 5.74) is 10.7. The quantitative estimate of drug-likeness (QED) is 0.646. The Morgan fingerprint density at radius 1 is 1.30 bits per heavy atom. The van der Waals surface area contributed by atoms with Crippen molar-refractivity contribution in [1.29, 1.82) is 0 Å². The summed E-state index contributed by atoms with van der Waals surface area (Å²) in [4.78, 5) is 17.4. The number of aromatic nitrogens is 2. The molecule has 0 aliphatic rings. The second kappa shape index (κ2) is 4.96. The second-order valence-electron chi connectivity index (χ2n) is 3.92. The van der Waals surface area contributed by atoms with Crippen molar-refractivity contribution in [3.05, 3.63) is 39.7 Å². The van der Waals surface area contributed by atoms with E-state index >= 15 is 0 Å². The highest BCUT2D eigenvalue weighted by molar-refractivity contribution is 5.47. The lowest BCUT2D eigenvalue weighted by Crippen LogP contribution is -2.02. The summed E-state index contributed by atoms with van der Waals surface area (Å²) in [5, 5.41) is 10.7. The van der Waals surface area contributed by atoms with Gasteiger partial charge in [-0.1, -0.05) is 0 Å².